The number of ether oxygens (including phenoxy) is 1. The number of nitrogens with one attached hydrogen (secondary N) is 1. The molecule has 0 bridgehead atoms. The van der Waals surface area contributed by atoms with Gasteiger partial charge in [0.25, 0.3) is 0 Å². The lowest BCUT2D eigenvalue weighted by molar-refractivity contribution is 0.129. The minimum Gasteiger partial charge on any atom is -0.490 e. The maximum absolute atomic E-state index is 6.05. The molecule has 0 atom stereocenters. The highest BCUT2D eigenvalue weighted by atomic mass is 16.5. The molecule has 1 aromatic rings. The van der Waals surface area contributed by atoms with E-state index in [2.05, 4.69) is 31.0 Å². The Bertz CT molecular complexity index is 451. The molecule has 1 aliphatic heterocycles. The van der Waals surface area contributed by atoms with Gasteiger partial charge in [0.1, 0.15) is 11.9 Å². The fraction of sp³-hybridized carbons (Fsp3) is 0.611. The van der Waals surface area contributed by atoms with Crippen molar-refractivity contribution in [2.75, 3.05) is 26.2 Å². The number of hydrogen-bond acceptors (Lipinski definition) is 2. The lowest BCUT2D eigenvalue weighted by atomic mass is 10.1. The zero-order valence-electron chi connectivity index (χ0n) is 14.1. The zero-order valence-corrected chi connectivity index (χ0v) is 14.1. The fourth-order valence-electron chi connectivity index (χ4n) is 2.57. The van der Waals surface area contributed by atoms with E-state index in [1.807, 2.05) is 30.3 Å². The maximum atomic E-state index is 6.05. The Morgan fingerprint density at radius 1 is 1.27 bits per heavy atom. The fourth-order valence-corrected chi connectivity index (χ4v) is 2.57. The van der Waals surface area contributed by atoms with Crippen LogP contribution in [0.1, 0.15) is 33.6 Å². The third kappa shape index (κ3) is 5.24. The highest BCUT2D eigenvalue weighted by molar-refractivity contribution is 5.80. The number of nitrogens with zero attached hydrogens (tertiary/aromatic N) is 2. The summed E-state index contributed by atoms with van der Waals surface area (Å²) in [4.78, 5) is 7.09. The molecule has 1 N–H and O–H groups in total. The van der Waals surface area contributed by atoms with E-state index < -0.39 is 0 Å². The summed E-state index contributed by atoms with van der Waals surface area (Å²) in [7, 11) is 0. The Labute approximate surface area is 134 Å². The van der Waals surface area contributed by atoms with Crippen LogP contribution in [-0.2, 0) is 0 Å². The van der Waals surface area contributed by atoms with Crippen LogP contribution in [0.4, 0.5) is 0 Å². The molecular formula is C18H29N3O. The monoisotopic (exact) mass is 303 g/mol. The summed E-state index contributed by atoms with van der Waals surface area (Å²) in [5.74, 6) is 2.61. The molecule has 1 fully saturated rings. The van der Waals surface area contributed by atoms with E-state index in [4.69, 9.17) is 9.73 Å². The summed E-state index contributed by atoms with van der Waals surface area (Å²) in [6.45, 7) is 10.3. The molecule has 4 heteroatoms. The molecule has 2 rings (SSSR count). The Balaban J connectivity index is 1.85. The molecule has 1 aliphatic rings. The Morgan fingerprint density at radius 3 is 2.55 bits per heavy atom. The van der Waals surface area contributed by atoms with Crippen molar-refractivity contribution < 1.29 is 4.74 Å². The molecule has 0 aromatic heterocycles. The summed E-state index contributed by atoms with van der Waals surface area (Å²) in [5, 5.41) is 3.41. The van der Waals surface area contributed by atoms with Gasteiger partial charge in [-0.25, -0.2) is 0 Å². The lowest BCUT2D eigenvalue weighted by Crippen LogP contribution is -2.47. The molecule has 0 aliphatic carbocycles. The maximum Gasteiger partial charge on any atom is 0.193 e. The molecule has 0 amide bonds. The number of guanidine groups is 1. The average Bonchev–Trinajstić information content (AvgIpc) is 2.53. The van der Waals surface area contributed by atoms with Gasteiger partial charge in [0.05, 0.1) is 0 Å². The van der Waals surface area contributed by atoms with Crippen LogP contribution in [0.2, 0.25) is 0 Å². The molecule has 122 valence electrons. The van der Waals surface area contributed by atoms with Crippen LogP contribution in [0, 0.1) is 5.92 Å². The van der Waals surface area contributed by atoms with Crippen molar-refractivity contribution in [2.24, 2.45) is 10.9 Å². The molecule has 1 heterocycles. The van der Waals surface area contributed by atoms with Gasteiger partial charge in [-0.15, -0.1) is 0 Å². The van der Waals surface area contributed by atoms with E-state index in [-0.39, 0.29) is 0 Å². The van der Waals surface area contributed by atoms with Crippen molar-refractivity contribution in [1.29, 1.82) is 0 Å². The second-order valence-corrected chi connectivity index (χ2v) is 6.21. The zero-order chi connectivity index (χ0) is 15.8. The van der Waals surface area contributed by atoms with Crippen LogP contribution < -0.4 is 10.1 Å². The summed E-state index contributed by atoms with van der Waals surface area (Å²) < 4.78 is 6.05. The minimum atomic E-state index is 0.312. The van der Waals surface area contributed by atoms with Crippen LogP contribution in [0.25, 0.3) is 0 Å². The van der Waals surface area contributed by atoms with Crippen molar-refractivity contribution in [3.8, 4) is 5.75 Å². The minimum absolute atomic E-state index is 0.312. The third-order valence-electron chi connectivity index (χ3n) is 3.73. The van der Waals surface area contributed by atoms with Gasteiger partial charge in [0, 0.05) is 39.0 Å². The second kappa shape index (κ2) is 8.66. The van der Waals surface area contributed by atoms with Gasteiger partial charge in [0.2, 0.25) is 0 Å². The van der Waals surface area contributed by atoms with E-state index >= 15 is 0 Å². The number of likely N-dealkylation sites (tertiary alicyclic amines) is 1. The van der Waals surface area contributed by atoms with Gasteiger partial charge in [0.15, 0.2) is 5.96 Å². The van der Waals surface area contributed by atoms with Gasteiger partial charge in [-0.05, 0) is 25.0 Å². The van der Waals surface area contributed by atoms with Crippen molar-refractivity contribution in [3.63, 3.8) is 0 Å². The average molecular weight is 303 g/mol. The molecule has 1 aromatic carbocycles. The molecular weight excluding hydrogens is 274 g/mol. The smallest absolute Gasteiger partial charge is 0.193 e. The highest BCUT2D eigenvalue weighted by Crippen LogP contribution is 2.18. The van der Waals surface area contributed by atoms with Crippen LogP contribution in [-0.4, -0.2) is 43.1 Å². The van der Waals surface area contributed by atoms with Crippen molar-refractivity contribution in [3.05, 3.63) is 30.3 Å². The third-order valence-corrected chi connectivity index (χ3v) is 3.73. The Morgan fingerprint density at radius 2 is 1.95 bits per heavy atom. The second-order valence-electron chi connectivity index (χ2n) is 6.21. The first-order valence-electron chi connectivity index (χ1n) is 8.44. The van der Waals surface area contributed by atoms with E-state index in [9.17, 15) is 0 Å². The number of para-hydroxylation sites is 1. The highest BCUT2D eigenvalue weighted by Gasteiger charge is 2.22. The number of piperidine rings is 1. The van der Waals surface area contributed by atoms with E-state index in [0.29, 0.717) is 12.0 Å². The van der Waals surface area contributed by atoms with Gasteiger partial charge in [-0.2, -0.15) is 0 Å². The summed E-state index contributed by atoms with van der Waals surface area (Å²) in [5.41, 5.74) is 0. The van der Waals surface area contributed by atoms with Gasteiger partial charge in [-0.3, -0.25) is 4.99 Å². The topological polar surface area (TPSA) is 36.9 Å². The molecule has 1 saturated heterocycles. The number of benzene rings is 1. The molecule has 0 radical (unpaired) electrons. The number of hydrogen-bond donors (Lipinski definition) is 1. The summed E-state index contributed by atoms with van der Waals surface area (Å²) in [6.07, 6.45) is 2.40. The molecule has 0 spiro atoms. The van der Waals surface area contributed by atoms with E-state index in [1.54, 1.807) is 0 Å². The summed E-state index contributed by atoms with van der Waals surface area (Å²) >= 11 is 0. The largest absolute Gasteiger partial charge is 0.490 e. The van der Waals surface area contributed by atoms with Crippen molar-refractivity contribution >= 4 is 5.96 Å². The van der Waals surface area contributed by atoms with Gasteiger partial charge < -0.3 is 15.0 Å². The van der Waals surface area contributed by atoms with Crippen LogP contribution in [0.5, 0.6) is 5.75 Å². The molecule has 0 saturated carbocycles. The SMILES string of the molecule is CCNC(=NCC(C)C)N1CCC(Oc2ccccc2)CC1. The molecule has 22 heavy (non-hydrogen) atoms. The summed E-state index contributed by atoms with van der Waals surface area (Å²) in [6, 6.07) is 10.1. The number of aliphatic imine (C=N–C) groups is 1. The van der Waals surface area contributed by atoms with Crippen LogP contribution in [0.15, 0.2) is 35.3 Å². The van der Waals surface area contributed by atoms with Gasteiger partial charge >= 0.3 is 0 Å². The molecule has 4 nitrogen and oxygen atoms in total. The van der Waals surface area contributed by atoms with E-state index in [1.165, 1.54) is 0 Å². The van der Waals surface area contributed by atoms with Crippen LogP contribution >= 0.6 is 0 Å². The van der Waals surface area contributed by atoms with Gasteiger partial charge in [-0.1, -0.05) is 32.0 Å². The first-order valence-corrected chi connectivity index (χ1v) is 8.44. The predicted molar refractivity (Wildman–Crippen MR) is 92.5 cm³/mol. The predicted octanol–water partition coefficient (Wildman–Crippen LogP) is 3.15. The quantitative estimate of drug-likeness (QED) is 0.670. The Kier molecular flexibility index (Phi) is 6.56. The van der Waals surface area contributed by atoms with Crippen molar-refractivity contribution in [1.82, 2.24) is 10.2 Å². The first-order chi connectivity index (χ1) is 10.7. The van der Waals surface area contributed by atoms with Crippen molar-refractivity contribution in [2.45, 2.75) is 39.7 Å². The Hall–Kier alpha value is -1.71. The first kappa shape index (κ1) is 16.7. The number of rotatable bonds is 5. The molecule has 0 unspecified atom stereocenters. The van der Waals surface area contributed by atoms with E-state index in [0.717, 1.165) is 50.7 Å². The standard InChI is InChI=1S/C18H29N3O/c1-4-19-18(20-14-15(2)3)21-12-10-17(11-13-21)22-16-8-6-5-7-9-16/h5-9,15,17H,4,10-14H2,1-3H3,(H,19,20). The normalized spacial score (nSPS) is 16.9. The van der Waals surface area contributed by atoms with Crippen LogP contribution in [0.3, 0.4) is 0 Å². The lowest BCUT2D eigenvalue weighted by Gasteiger charge is -2.34.